The standard InChI is InChI=1S/C8H10N2O2/c1-11-8-6(12-8)5-3-2-4-10-7(5)9/h2-4,6,8H,1H3,(H2,9,10). The molecular weight excluding hydrogens is 156 g/mol. The molecule has 4 nitrogen and oxygen atoms in total. The van der Waals surface area contributed by atoms with Gasteiger partial charge in [0.05, 0.1) is 0 Å². The maximum Gasteiger partial charge on any atom is 0.188 e. The fourth-order valence-corrected chi connectivity index (χ4v) is 1.17. The Morgan fingerprint density at radius 3 is 3.08 bits per heavy atom. The zero-order valence-electron chi connectivity index (χ0n) is 6.73. The van der Waals surface area contributed by atoms with Crippen LogP contribution in [0.3, 0.4) is 0 Å². The number of nitrogens with zero attached hydrogens (tertiary/aromatic N) is 1. The lowest BCUT2D eigenvalue weighted by molar-refractivity contribution is 0.0950. The Bertz CT molecular complexity index is 290. The number of rotatable bonds is 2. The Morgan fingerprint density at radius 2 is 2.50 bits per heavy atom. The second-order valence-electron chi connectivity index (χ2n) is 2.64. The first kappa shape index (κ1) is 7.52. The van der Waals surface area contributed by atoms with Crippen molar-refractivity contribution in [3.63, 3.8) is 0 Å². The quantitative estimate of drug-likeness (QED) is 0.657. The van der Waals surface area contributed by atoms with Crippen molar-refractivity contribution in [2.75, 3.05) is 12.8 Å². The lowest BCUT2D eigenvalue weighted by atomic mass is 10.2. The van der Waals surface area contributed by atoms with Crippen LogP contribution in [-0.2, 0) is 9.47 Å². The maximum atomic E-state index is 5.63. The monoisotopic (exact) mass is 166 g/mol. The Kier molecular flexibility index (Phi) is 1.71. The molecule has 0 bridgehead atoms. The van der Waals surface area contributed by atoms with Gasteiger partial charge in [0.1, 0.15) is 11.9 Å². The summed E-state index contributed by atoms with van der Waals surface area (Å²) < 4.78 is 10.2. The van der Waals surface area contributed by atoms with Crippen LogP contribution in [0, 0.1) is 0 Å². The lowest BCUT2D eigenvalue weighted by Crippen LogP contribution is -1.98. The first-order chi connectivity index (χ1) is 5.83. The lowest BCUT2D eigenvalue weighted by Gasteiger charge is -1.98. The molecule has 4 heteroatoms. The summed E-state index contributed by atoms with van der Waals surface area (Å²) in [4.78, 5) is 3.95. The van der Waals surface area contributed by atoms with E-state index in [-0.39, 0.29) is 12.4 Å². The highest BCUT2D eigenvalue weighted by Crippen LogP contribution is 2.40. The molecule has 12 heavy (non-hydrogen) atoms. The van der Waals surface area contributed by atoms with Crippen molar-refractivity contribution in [2.24, 2.45) is 0 Å². The molecule has 0 spiro atoms. The van der Waals surface area contributed by atoms with Crippen molar-refractivity contribution in [3.8, 4) is 0 Å². The largest absolute Gasteiger partial charge is 0.383 e. The van der Waals surface area contributed by atoms with E-state index in [1.54, 1.807) is 13.3 Å². The molecule has 2 atom stereocenters. The minimum Gasteiger partial charge on any atom is -0.383 e. The Morgan fingerprint density at radius 1 is 1.67 bits per heavy atom. The highest BCUT2D eigenvalue weighted by molar-refractivity contribution is 5.41. The first-order valence-electron chi connectivity index (χ1n) is 3.71. The molecule has 1 fully saturated rings. The zero-order valence-corrected chi connectivity index (χ0v) is 6.73. The van der Waals surface area contributed by atoms with Crippen molar-refractivity contribution in [1.82, 2.24) is 4.98 Å². The van der Waals surface area contributed by atoms with E-state index in [2.05, 4.69) is 4.98 Å². The van der Waals surface area contributed by atoms with Gasteiger partial charge in [-0.25, -0.2) is 4.98 Å². The summed E-state index contributed by atoms with van der Waals surface area (Å²) in [6, 6.07) is 3.73. The molecule has 2 N–H and O–H groups in total. The maximum absolute atomic E-state index is 5.63. The minimum absolute atomic E-state index is 0.0244. The van der Waals surface area contributed by atoms with Crippen LogP contribution in [0.15, 0.2) is 18.3 Å². The van der Waals surface area contributed by atoms with Gasteiger partial charge < -0.3 is 15.2 Å². The van der Waals surface area contributed by atoms with E-state index < -0.39 is 0 Å². The molecule has 0 saturated carbocycles. The van der Waals surface area contributed by atoms with Crippen LogP contribution in [0.5, 0.6) is 0 Å². The van der Waals surface area contributed by atoms with E-state index >= 15 is 0 Å². The topological polar surface area (TPSA) is 60.7 Å². The molecule has 0 aliphatic carbocycles. The second-order valence-corrected chi connectivity index (χ2v) is 2.64. The smallest absolute Gasteiger partial charge is 0.188 e. The summed E-state index contributed by atoms with van der Waals surface area (Å²) in [6.07, 6.45) is 1.49. The molecule has 0 aromatic carbocycles. The summed E-state index contributed by atoms with van der Waals surface area (Å²) in [5.74, 6) is 0.516. The van der Waals surface area contributed by atoms with Gasteiger partial charge in [-0.05, 0) is 6.07 Å². The molecule has 2 unspecified atom stereocenters. The van der Waals surface area contributed by atoms with E-state index in [9.17, 15) is 0 Å². The fraction of sp³-hybridized carbons (Fsp3) is 0.375. The summed E-state index contributed by atoms with van der Waals surface area (Å²) >= 11 is 0. The van der Waals surface area contributed by atoms with Crippen LogP contribution in [0.2, 0.25) is 0 Å². The van der Waals surface area contributed by atoms with Gasteiger partial charge in [0, 0.05) is 18.9 Å². The van der Waals surface area contributed by atoms with Crippen molar-refractivity contribution in [3.05, 3.63) is 23.9 Å². The van der Waals surface area contributed by atoms with Crippen LogP contribution < -0.4 is 5.73 Å². The van der Waals surface area contributed by atoms with Crippen LogP contribution in [0.4, 0.5) is 5.82 Å². The average Bonchev–Trinajstić information content (AvgIpc) is 2.84. The normalized spacial score (nSPS) is 27.1. The van der Waals surface area contributed by atoms with E-state index in [1.165, 1.54) is 0 Å². The van der Waals surface area contributed by atoms with E-state index in [1.807, 2.05) is 12.1 Å². The third-order valence-corrected chi connectivity index (χ3v) is 1.86. The molecular formula is C8H10N2O2. The van der Waals surface area contributed by atoms with Gasteiger partial charge in [-0.1, -0.05) is 6.07 Å². The number of hydrogen-bond acceptors (Lipinski definition) is 4. The van der Waals surface area contributed by atoms with Gasteiger partial charge in [-0.15, -0.1) is 0 Å². The molecule has 2 rings (SSSR count). The fourth-order valence-electron chi connectivity index (χ4n) is 1.17. The molecule has 1 aromatic rings. The van der Waals surface area contributed by atoms with Crippen LogP contribution in [0.1, 0.15) is 11.7 Å². The molecule has 0 amide bonds. The van der Waals surface area contributed by atoms with Crippen molar-refractivity contribution in [1.29, 1.82) is 0 Å². The number of nitrogens with two attached hydrogens (primary N) is 1. The van der Waals surface area contributed by atoms with Gasteiger partial charge in [0.25, 0.3) is 0 Å². The average molecular weight is 166 g/mol. The van der Waals surface area contributed by atoms with Gasteiger partial charge in [-0.2, -0.15) is 0 Å². The van der Waals surface area contributed by atoms with Crippen molar-refractivity contribution >= 4 is 5.82 Å². The SMILES string of the molecule is COC1OC1c1cccnc1N. The molecule has 0 radical (unpaired) electrons. The Hall–Kier alpha value is -1.13. The van der Waals surface area contributed by atoms with Crippen LogP contribution >= 0.6 is 0 Å². The first-order valence-corrected chi connectivity index (χ1v) is 3.71. The summed E-state index contributed by atoms with van der Waals surface area (Å²) in [5.41, 5.74) is 6.54. The summed E-state index contributed by atoms with van der Waals surface area (Å²) in [7, 11) is 1.61. The molecule has 2 heterocycles. The Labute approximate surface area is 70.3 Å². The number of nitrogen functional groups attached to an aromatic ring is 1. The summed E-state index contributed by atoms with van der Waals surface area (Å²) in [5, 5.41) is 0. The van der Waals surface area contributed by atoms with Crippen molar-refractivity contribution in [2.45, 2.75) is 12.4 Å². The molecule has 1 aliphatic rings. The number of pyridine rings is 1. The number of anilines is 1. The predicted octanol–water partition coefficient (Wildman–Crippen LogP) is 0.708. The third-order valence-electron chi connectivity index (χ3n) is 1.86. The molecule has 64 valence electrons. The summed E-state index contributed by atoms with van der Waals surface area (Å²) in [6.45, 7) is 0. The van der Waals surface area contributed by atoms with Crippen LogP contribution in [-0.4, -0.2) is 18.4 Å². The van der Waals surface area contributed by atoms with Crippen molar-refractivity contribution < 1.29 is 9.47 Å². The Balaban J connectivity index is 2.19. The number of methoxy groups -OCH3 is 1. The number of hydrogen-bond donors (Lipinski definition) is 1. The van der Waals surface area contributed by atoms with Crippen LogP contribution in [0.25, 0.3) is 0 Å². The molecule has 1 aromatic heterocycles. The number of epoxide rings is 1. The minimum atomic E-state index is -0.142. The highest BCUT2D eigenvalue weighted by atomic mass is 16.8. The van der Waals surface area contributed by atoms with Gasteiger partial charge in [0.15, 0.2) is 6.29 Å². The van der Waals surface area contributed by atoms with Gasteiger partial charge in [0.2, 0.25) is 0 Å². The molecule has 1 aliphatic heterocycles. The zero-order chi connectivity index (χ0) is 8.55. The van der Waals surface area contributed by atoms with E-state index in [0.717, 1.165) is 5.56 Å². The third kappa shape index (κ3) is 1.15. The van der Waals surface area contributed by atoms with E-state index in [0.29, 0.717) is 5.82 Å². The van der Waals surface area contributed by atoms with E-state index in [4.69, 9.17) is 15.2 Å². The number of aromatic nitrogens is 1. The second kappa shape index (κ2) is 2.73. The highest BCUT2D eigenvalue weighted by Gasteiger charge is 2.41. The van der Waals surface area contributed by atoms with Gasteiger partial charge in [-0.3, -0.25) is 0 Å². The number of ether oxygens (including phenoxy) is 2. The predicted molar refractivity (Wildman–Crippen MR) is 43.3 cm³/mol. The van der Waals surface area contributed by atoms with Gasteiger partial charge >= 0.3 is 0 Å². The molecule has 1 saturated heterocycles.